The van der Waals surface area contributed by atoms with Crippen LogP contribution in [0.3, 0.4) is 0 Å². The third kappa shape index (κ3) is 6.92. The minimum atomic E-state index is -0.580. The van der Waals surface area contributed by atoms with Crippen LogP contribution < -0.4 is 21.6 Å². The van der Waals surface area contributed by atoms with E-state index in [1.807, 2.05) is 6.07 Å². The van der Waals surface area contributed by atoms with Crippen molar-refractivity contribution in [2.24, 2.45) is 11.6 Å². The van der Waals surface area contributed by atoms with Crippen molar-refractivity contribution in [2.75, 3.05) is 13.6 Å². The molecule has 8 nitrogen and oxygen atoms in total. The van der Waals surface area contributed by atoms with E-state index in [0.29, 0.717) is 17.1 Å². The second-order valence-corrected chi connectivity index (χ2v) is 8.08. The van der Waals surface area contributed by atoms with Crippen LogP contribution in [-0.4, -0.2) is 41.4 Å². The molecule has 5 N–H and O–H groups in total. The molecule has 8 heteroatoms. The molecule has 0 saturated heterocycles. The van der Waals surface area contributed by atoms with Gasteiger partial charge in [-0.15, -0.1) is 0 Å². The van der Waals surface area contributed by atoms with Gasteiger partial charge >= 0.3 is 6.09 Å². The van der Waals surface area contributed by atoms with Crippen LogP contribution in [0.2, 0.25) is 0 Å². The van der Waals surface area contributed by atoms with E-state index in [1.165, 1.54) is 24.3 Å². The summed E-state index contributed by atoms with van der Waals surface area (Å²) in [5, 5.41) is 4.03. The molecule has 0 radical (unpaired) electrons. The van der Waals surface area contributed by atoms with Crippen LogP contribution in [0, 0.1) is 0 Å². The number of likely N-dealkylation sites (N-methyl/N-ethyl adjacent to an activating group) is 1. The summed E-state index contributed by atoms with van der Waals surface area (Å²) in [6.07, 6.45) is 7.27. The van der Waals surface area contributed by atoms with E-state index >= 15 is 0 Å². The number of hydrogen-bond acceptors (Lipinski definition) is 7. The smallest absolute Gasteiger partial charge is 0.407 e. The number of hydrogen-bond donors (Lipinski definition) is 3. The van der Waals surface area contributed by atoms with Crippen LogP contribution in [0.4, 0.5) is 4.79 Å². The lowest BCUT2D eigenvalue weighted by Crippen LogP contribution is -2.38. The first-order chi connectivity index (χ1) is 13.2. The minimum absolute atomic E-state index is 0.121. The molecule has 1 aliphatic rings. The van der Waals surface area contributed by atoms with Crippen LogP contribution >= 0.6 is 0 Å². The van der Waals surface area contributed by atoms with Crippen molar-refractivity contribution in [1.82, 2.24) is 15.3 Å². The summed E-state index contributed by atoms with van der Waals surface area (Å²) in [5.74, 6) is 6.63. The van der Waals surface area contributed by atoms with Gasteiger partial charge in [-0.1, -0.05) is 6.42 Å². The van der Waals surface area contributed by atoms with Gasteiger partial charge in [0, 0.05) is 7.05 Å². The van der Waals surface area contributed by atoms with Crippen molar-refractivity contribution in [3.05, 3.63) is 29.7 Å². The Bertz CT molecular complexity index is 674. The molecule has 0 atom stereocenters. The Labute approximate surface area is 167 Å². The Kier molecular flexibility index (Phi) is 7.51. The SMILES string of the molecule is CN(N)/C(CNC(=O)OC(C)(C)C)=C(\N)c1ccc(OC2CCCCC2)cn1. The molecular weight excluding hydrogens is 358 g/mol. The van der Waals surface area contributed by atoms with Crippen molar-refractivity contribution >= 4 is 11.8 Å². The normalized spacial score (nSPS) is 16.2. The third-order valence-corrected chi connectivity index (χ3v) is 4.40. The molecule has 1 aromatic heterocycles. The zero-order valence-electron chi connectivity index (χ0n) is 17.3. The Balaban J connectivity index is 2.04. The molecule has 28 heavy (non-hydrogen) atoms. The molecule has 1 heterocycles. The fourth-order valence-corrected chi connectivity index (χ4v) is 3.01. The summed E-state index contributed by atoms with van der Waals surface area (Å²) in [6.45, 7) is 5.52. The molecule has 1 aromatic rings. The van der Waals surface area contributed by atoms with Crippen molar-refractivity contribution < 1.29 is 14.3 Å². The monoisotopic (exact) mass is 391 g/mol. The summed E-state index contributed by atoms with van der Waals surface area (Å²) >= 11 is 0. The van der Waals surface area contributed by atoms with Crippen molar-refractivity contribution in [3.8, 4) is 5.75 Å². The summed E-state index contributed by atoms with van der Waals surface area (Å²) in [6, 6.07) is 3.66. The quantitative estimate of drug-likeness (QED) is 0.504. The number of carbonyl (C=O) groups excluding carboxylic acids is 1. The van der Waals surface area contributed by atoms with Crippen molar-refractivity contribution in [1.29, 1.82) is 0 Å². The number of carbonyl (C=O) groups is 1. The average molecular weight is 392 g/mol. The first-order valence-electron chi connectivity index (χ1n) is 9.72. The lowest BCUT2D eigenvalue weighted by Gasteiger charge is -2.23. The van der Waals surface area contributed by atoms with Crippen LogP contribution in [0.15, 0.2) is 24.0 Å². The Morgan fingerprint density at radius 2 is 1.96 bits per heavy atom. The maximum Gasteiger partial charge on any atom is 0.407 e. The minimum Gasteiger partial charge on any atom is -0.489 e. The Morgan fingerprint density at radius 3 is 2.50 bits per heavy atom. The molecule has 156 valence electrons. The fourth-order valence-electron chi connectivity index (χ4n) is 3.01. The highest BCUT2D eigenvalue weighted by Gasteiger charge is 2.18. The van der Waals surface area contributed by atoms with E-state index in [-0.39, 0.29) is 12.6 Å². The van der Waals surface area contributed by atoms with E-state index in [9.17, 15) is 4.79 Å². The highest BCUT2D eigenvalue weighted by molar-refractivity contribution is 5.69. The molecule has 0 aromatic carbocycles. The maximum absolute atomic E-state index is 11.9. The van der Waals surface area contributed by atoms with Crippen LogP contribution in [0.1, 0.15) is 58.6 Å². The number of nitrogens with two attached hydrogens (primary N) is 2. The third-order valence-electron chi connectivity index (χ3n) is 4.40. The molecule has 1 saturated carbocycles. The first-order valence-corrected chi connectivity index (χ1v) is 9.72. The number of ether oxygens (including phenoxy) is 2. The van der Waals surface area contributed by atoms with Gasteiger partial charge in [0.25, 0.3) is 0 Å². The summed E-state index contributed by atoms with van der Waals surface area (Å²) in [5.41, 5.74) is 7.14. The molecule has 0 unspecified atom stereocenters. The molecule has 1 fully saturated rings. The number of aromatic nitrogens is 1. The molecule has 2 rings (SSSR count). The summed E-state index contributed by atoms with van der Waals surface area (Å²) in [7, 11) is 1.65. The van der Waals surface area contributed by atoms with Gasteiger partial charge in [-0.05, 0) is 58.6 Å². The first kappa shape index (κ1) is 21.8. The summed E-state index contributed by atoms with van der Waals surface area (Å²) < 4.78 is 11.2. The number of amides is 1. The fraction of sp³-hybridized carbons (Fsp3) is 0.600. The largest absolute Gasteiger partial charge is 0.489 e. The van der Waals surface area contributed by atoms with Crippen molar-refractivity contribution in [2.45, 2.75) is 64.6 Å². The van der Waals surface area contributed by atoms with Gasteiger partial charge < -0.3 is 25.5 Å². The number of nitrogens with one attached hydrogen (secondary N) is 1. The maximum atomic E-state index is 11.9. The predicted molar refractivity (Wildman–Crippen MR) is 109 cm³/mol. The number of hydrazine groups is 1. The van der Waals surface area contributed by atoms with Gasteiger partial charge in [0.1, 0.15) is 11.4 Å². The van der Waals surface area contributed by atoms with Crippen LogP contribution in [0.25, 0.3) is 5.70 Å². The van der Waals surface area contributed by atoms with E-state index in [0.717, 1.165) is 18.6 Å². The average Bonchev–Trinajstić information content (AvgIpc) is 2.61. The molecule has 1 amide bonds. The van der Waals surface area contributed by atoms with Gasteiger partial charge in [-0.25, -0.2) is 10.6 Å². The molecule has 0 aliphatic heterocycles. The Morgan fingerprint density at radius 1 is 1.29 bits per heavy atom. The summed E-state index contributed by atoms with van der Waals surface area (Å²) in [4.78, 5) is 16.3. The van der Waals surface area contributed by atoms with Crippen molar-refractivity contribution in [3.63, 3.8) is 0 Å². The van der Waals surface area contributed by atoms with Gasteiger partial charge in [-0.3, -0.25) is 4.98 Å². The van der Waals surface area contributed by atoms with E-state index in [1.54, 1.807) is 40.1 Å². The molecular formula is C20H33N5O3. The lowest BCUT2D eigenvalue weighted by atomic mass is 9.98. The zero-order valence-corrected chi connectivity index (χ0v) is 17.3. The predicted octanol–water partition coefficient (Wildman–Crippen LogP) is 2.75. The van der Waals surface area contributed by atoms with Gasteiger partial charge in [0.15, 0.2) is 0 Å². The lowest BCUT2D eigenvalue weighted by molar-refractivity contribution is 0.0529. The zero-order chi connectivity index (χ0) is 20.7. The van der Waals surface area contributed by atoms with Gasteiger partial charge in [-0.2, -0.15) is 0 Å². The van der Waals surface area contributed by atoms with Gasteiger partial charge in [0.2, 0.25) is 0 Å². The second-order valence-electron chi connectivity index (χ2n) is 8.08. The highest BCUT2D eigenvalue weighted by atomic mass is 16.6. The highest BCUT2D eigenvalue weighted by Crippen LogP contribution is 2.23. The number of nitrogens with zero attached hydrogens (tertiary/aromatic N) is 2. The second kappa shape index (κ2) is 9.64. The van der Waals surface area contributed by atoms with Crippen LogP contribution in [-0.2, 0) is 4.74 Å². The van der Waals surface area contributed by atoms with Crippen LogP contribution in [0.5, 0.6) is 5.75 Å². The van der Waals surface area contributed by atoms with E-state index < -0.39 is 11.7 Å². The number of alkyl carbamates (subject to hydrolysis) is 1. The standard InChI is InChI=1S/C20H33N5O3/c1-20(2,3)28-19(26)24-13-17(25(4)22)18(21)16-11-10-15(12-23-16)27-14-8-6-5-7-9-14/h10-12,14H,5-9,13,21-22H2,1-4H3,(H,24,26)/b18-17-. The van der Waals surface area contributed by atoms with E-state index in [2.05, 4.69) is 10.3 Å². The Hall–Kier alpha value is -2.48. The number of rotatable bonds is 6. The topological polar surface area (TPSA) is 116 Å². The number of pyridine rings is 1. The molecule has 1 aliphatic carbocycles. The van der Waals surface area contributed by atoms with E-state index in [4.69, 9.17) is 21.1 Å². The molecule has 0 spiro atoms. The molecule has 0 bridgehead atoms. The van der Waals surface area contributed by atoms with Gasteiger partial charge in [0.05, 0.1) is 35.9 Å².